The van der Waals surface area contributed by atoms with Gasteiger partial charge < -0.3 is 5.11 Å². The largest absolute Gasteiger partial charge is 0.508 e. The minimum Gasteiger partial charge on any atom is -0.508 e. The number of phenols is 1. The Morgan fingerprint density at radius 2 is 1.78 bits per heavy atom. The molecule has 18 heavy (non-hydrogen) atoms. The highest BCUT2D eigenvalue weighted by atomic mass is 16.3. The molecule has 1 heterocycles. The molecule has 1 N–H and O–H groups in total. The van der Waals surface area contributed by atoms with Crippen LogP contribution in [0.4, 0.5) is 0 Å². The average Bonchev–Trinajstić information content (AvgIpc) is 2.67. The van der Waals surface area contributed by atoms with Gasteiger partial charge in [0.2, 0.25) is 0 Å². The van der Waals surface area contributed by atoms with E-state index in [-0.39, 0.29) is 0 Å². The number of likely N-dealkylation sites (tertiary alicyclic amines) is 1. The molecule has 2 heteroatoms. The second-order valence-electron chi connectivity index (χ2n) is 5.70. The number of hydrogen-bond acceptors (Lipinski definition) is 2. The third kappa shape index (κ3) is 2.26. The smallest absolute Gasteiger partial charge is 0.119 e. The van der Waals surface area contributed by atoms with Crippen LogP contribution in [0.3, 0.4) is 0 Å². The molecule has 0 aromatic heterocycles. The summed E-state index contributed by atoms with van der Waals surface area (Å²) in [6.45, 7) is 2.47. The van der Waals surface area contributed by atoms with Crippen LogP contribution in [-0.2, 0) is 6.42 Å². The van der Waals surface area contributed by atoms with Gasteiger partial charge in [-0.05, 0) is 62.4 Å². The quantitative estimate of drug-likeness (QED) is 0.816. The van der Waals surface area contributed by atoms with Crippen LogP contribution in [0, 0.1) is 0 Å². The Morgan fingerprint density at radius 1 is 1.00 bits per heavy atom. The van der Waals surface area contributed by atoms with Crippen LogP contribution in [0.2, 0.25) is 0 Å². The third-order valence-corrected chi connectivity index (χ3v) is 4.53. The Balaban J connectivity index is 1.88. The van der Waals surface area contributed by atoms with Gasteiger partial charge in [-0.25, -0.2) is 0 Å². The van der Waals surface area contributed by atoms with Crippen LogP contribution in [0.25, 0.3) is 0 Å². The zero-order valence-electron chi connectivity index (χ0n) is 11.1. The van der Waals surface area contributed by atoms with E-state index in [1.807, 2.05) is 12.1 Å². The van der Waals surface area contributed by atoms with Gasteiger partial charge in [-0.2, -0.15) is 0 Å². The first-order valence-electron chi connectivity index (χ1n) is 7.41. The van der Waals surface area contributed by atoms with E-state index >= 15 is 0 Å². The van der Waals surface area contributed by atoms with Crippen molar-refractivity contribution in [1.29, 1.82) is 0 Å². The number of fused-ring (bicyclic) bond motifs is 1. The van der Waals surface area contributed by atoms with Crippen molar-refractivity contribution in [3.63, 3.8) is 0 Å². The van der Waals surface area contributed by atoms with Gasteiger partial charge in [0.1, 0.15) is 5.75 Å². The lowest BCUT2D eigenvalue weighted by Gasteiger charge is -2.35. The average molecular weight is 245 g/mol. The van der Waals surface area contributed by atoms with E-state index in [1.54, 1.807) is 0 Å². The molecule has 0 amide bonds. The summed E-state index contributed by atoms with van der Waals surface area (Å²) < 4.78 is 0. The van der Waals surface area contributed by atoms with Crippen LogP contribution < -0.4 is 0 Å². The van der Waals surface area contributed by atoms with Gasteiger partial charge in [0.25, 0.3) is 0 Å². The predicted molar refractivity (Wildman–Crippen MR) is 73.8 cm³/mol. The molecular formula is C16H23NO. The molecule has 1 unspecified atom stereocenters. The fourth-order valence-corrected chi connectivity index (χ4v) is 3.59. The van der Waals surface area contributed by atoms with E-state index in [4.69, 9.17) is 0 Å². The Hall–Kier alpha value is -1.02. The molecule has 1 aliphatic carbocycles. The molecule has 3 rings (SSSR count). The van der Waals surface area contributed by atoms with Crippen molar-refractivity contribution < 1.29 is 5.11 Å². The van der Waals surface area contributed by atoms with Gasteiger partial charge in [-0.1, -0.05) is 25.0 Å². The summed E-state index contributed by atoms with van der Waals surface area (Å²) in [5.74, 6) is 0.507. The summed E-state index contributed by atoms with van der Waals surface area (Å²) in [4.78, 5) is 2.66. The van der Waals surface area contributed by atoms with E-state index in [2.05, 4.69) is 11.0 Å². The Kier molecular flexibility index (Phi) is 3.55. The van der Waals surface area contributed by atoms with Crippen LogP contribution in [0.15, 0.2) is 18.2 Å². The molecule has 1 aliphatic heterocycles. The molecule has 1 aromatic rings. The van der Waals surface area contributed by atoms with E-state index in [9.17, 15) is 5.11 Å². The molecule has 98 valence electrons. The maximum Gasteiger partial charge on any atom is 0.119 e. The molecule has 0 spiro atoms. The number of aromatic hydroxyl groups is 1. The lowest BCUT2D eigenvalue weighted by atomic mass is 9.86. The Morgan fingerprint density at radius 3 is 2.56 bits per heavy atom. The summed E-state index contributed by atoms with van der Waals surface area (Å²) >= 11 is 0. The first-order valence-corrected chi connectivity index (χ1v) is 7.41. The van der Waals surface area contributed by atoms with Gasteiger partial charge in [0.05, 0.1) is 0 Å². The van der Waals surface area contributed by atoms with E-state index in [0.29, 0.717) is 11.8 Å². The summed E-state index contributed by atoms with van der Waals surface area (Å²) in [7, 11) is 0. The molecule has 0 saturated carbocycles. The monoisotopic (exact) mass is 245 g/mol. The second kappa shape index (κ2) is 5.31. The number of nitrogens with zero attached hydrogens (tertiary/aromatic N) is 1. The van der Waals surface area contributed by atoms with Crippen LogP contribution in [-0.4, -0.2) is 23.1 Å². The van der Waals surface area contributed by atoms with E-state index < -0.39 is 0 Å². The van der Waals surface area contributed by atoms with Crippen LogP contribution >= 0.6 is 0 Å². The van der Waals surface area contributed by atoms with Gasteiger partial charge in [0, 0.05) is 6.04 Å². The minimum absolute atomic E-state index is 0.507. The second-order valence-corrected chi connectivity index (χ2v) is 5.70. The molecule has 1 aromatic carbocycles. The van der Waals surface area contributed by atoms with Crippen molar-refractivity contribution in [2.75, 3.05) is 13.1 Å². The van der Waals surface area contributed by atoms with Gasteiger partial charge in [0.15, 0.2) is 0 Å². The SMILES string of the molecule is Oc1cccc2c1CCCC2N1CCCCCC1. The zero-order chi connectivity index (χ0) is 12.4. The van der Waals surface area contributed by atoms with Gasteiger partial charge in [-0.3, -0.25) is 4.90 Å². The molecular weight excluding hydrogens is 222 g/mol. The highest BCUT2D eigenvalue weighted by Crippen LogP contribution is 2.38. The predicted octanol–water partition coefficient (Wildman–Crippen LogP) is 3.65. The topological polar surface area (TPSA) is 23.5 Å². The van der Waals surface area contributed by atoms with Crippen LogP contribution in [0.1, 0.15) is 55.7 Å². The molecule has 2 aliphatic rings. The number of phenolic OH excluding ortho intramolecular Hbond substituents is 1. The van der Waals surface area contributed by atoms with Crippen LogP contribution in [0.5, 0.6) is 5.75 Å². The van der Waals surface area contributed by atoms with E-state index in [1.165, 1.54) is 62.7 Å². The molecule has 0 radical (unpaired) electrons. The standard InChI is InChI=1S/C16H23NO/c18-16-10-6-7-13-14(16)8-5-9-15(13)17-11-3-1-2-4-12-17/h6-7,10,15,18H,1-5,8-9,11-12H2. The fourth-order valence-electron chi connectivity index (χ4n) is 3.59. The van der Waals surface area contributed by atoms with Crippen molar-refractivity contribution >= 4 is 0 Å². The van der Waals surface area contributed by atoms with Crippen molar-refractivity contribution in [2.45, 2.75) is 51.0 Å². The summed E-state index contributed by atoms with van der Waals surface area (Å²) in [5.41, 5.74) is 2.60. The maximum atomic E-state index is 10.0. The van der Waals surface area contributed by atoms with Gasteiger partial charge >= 0.3 is 0 Å². The lowest BCUT2D eigenvalue weighted by molar-refractivity contribution is 0.184. The zero-order valence-corrected chi connectivity index (χ0v) is 11.1. The Bertz CT molecular complexity index is 408. The molecule has 1 atom stereocenters. The van der Waals surface area contributed by atoms with E-state index in [0.717, 1.165) is 6.42 Å². The normalized spacial score (nSPS) is 25.4. The third-order valence-electron chi connectivity index (χ3n) is 4.53. The number of hydrogen-bond donors (Lipinski definition) is 1. The molecule has 0 bridgehead atoms. The van der Waals surface area contributed by atoms with Crippen molar-refractivity contribution in [3.8, 4) is 5.75 Å². The van der Waals surface area contributed by atoms with Crippen molar-refractivity contribution in [3.05, 3.63) is 29.3 Å². The first-order chi connectivity index (χ1) is 8.86. The van der Waals surface area contributed by atoms with Gasteiger partial charge in [-0.15, -0.1) is 0 Å². The molecule has 1 fully saturated rings. The maximum absolute atomic E-state index is 10.0. The minimum atomic E-state index is 0.507. The summed E-state index contributed by atoms with van der Waals surface area (Å²) in [6.07, 6.45) is 8.97. The van der Waals surface area contributed by atoms with Crippen molar-refractivity contribution in [2.24, 2.45) is 0 Å². The first kappa shape index (κ1) is 12.0. The lowest BCUT2D eigenvalue weighted by Crippen LogP contribution is -2.32. The summed E-state index contributed by atoms with van der Waals surface area (Å²) in [6, 6.07) is 6.62. The molecule has 2 nitrogen and oxygen atoms in total. The highest BCUT2D eigenvalue weighted by molar-refractivity contribution is 5.42. The molecule has 1 saturated heterocycles. The summed E-state index contributed by atoms with van der Waals surface area (Å²) in [5, 5.41) is 10.0. The van der Waals surface area contributed by atoms with Crippen molar-refractivity contribution in [1.82, 2.24) is 4.90 Å². The highest BCUT2D eigenvalue weighted by Gasteiger charge is 2.27. The Labute approximate surface area is 110 Å². The fraction of sp³-hybridized carbons (Fsp3) is 0.625. The number of benzene rings is 1. The number of rotatable bonds is 1.